The predicted molar refractivity (Wildman–Crippen MR) is 27.5 cm³/mol. The van der Waals surface area contributed by atoms with Crippen LogP contribution < -0.4 is 0 Å². The van der Waals surface area contributed by atoms with Crippen LogP contribution in [0.15, 0.2) is 0 Å². The Morgan fingerprint density at radius 3 is 0.455 bits per heavy atom. The zero-order chi connectivity index (χ0) is 9.00. The van der Waals surface area contributed by atoms with E-state index in [-0.39, 0.29) is 51.4 Å². The Hall–Kier alpha value is 1.21. The van der Waals surface area contributed by atoms with E-state index in [9.17, 15) is 34.5 Å². The van der Waals surface area contributed by atoms with Crippen LogP contribution >= 0.6 is 0 Å². The first kappa shape index (κ1) is 18.1. The van der Waals surface area contributed by atoms with Gasteiger partial charge in [-0.25, -0.2) is 0 Å². The molecule has 0 aromatic rings. The van der Waals surface area contributed by atoms with E-state index in [2.05, 4.69) is 0 Å². The molecule has 0 aromatic carbocycles. The fraction of sp³-hybridized carbons (Fsp3) is 0. The fourth-order valence-corrected chi connectivity index (χ4v) is 0. The van der Waals surface area contributed by atoms with Crippen molar-refractivity contribution < 1.29 is 34.5 Å². The van der Waals surface area contributed by atoms with Gasteiger partial charge in [0.2, 0.25) is 0 Å². The van der Waals surface area contributed by atoms with Crippen molar-refractivity contribution in [2.24, 2.45) is 0 Å². The molecule has 0 radical (unpaired) electrons. The van der Waals surface area contributed by atoms with Crippen molar-refractivity contribution in [2.75, 3.05) is 0 Å². The van der Waals surface area contributed by atoms with Crippen molar-refractivity contribution in [1.29, 1.82) is 0 Å². The van der Waals surface area contributed by atoms with Gasteiger partial charge in [0.1, 0.15) is 0 Å². The average molecular weight is 214 g/mol. The molecule has 0 saturated carbocycles. The molecule has 0 heterocycles. The van der Waals surface area contributed by atoms with Crippen molar-refractivity contribution in [3.05, 3.63) is 0 Å². The van der Waals surface area contributed by atoms with Crippen molar-refractivity contribution in [1.82, 2.24) is 0 Å². The zero-order valence-corrected chi connectivity index (χ0v) is 4.18. The van der Waals surface area contributed by atoms with E-state index < -0.39 is 14.5 Å². The minimum atomic E-state index is -6.00. The van der Waals surface area contributed by atoms with Crippen LogP contribution in [0.1, 0.15) is 0 Å². The first-order chi connectivity index (χ1) is 4.00. The Kier molecular flexibility index (Phi) is 11.0. The molecule has 0 aliphatic carbocycles. The molecule has 0 spiro atoms. The van der Waals surface area contributed by atoms with Gasteiger partial charge in [0.05, 0.1) is 0 Å². The van der Waals surface area contributed by atoms with Crippen LogP contribution in [-0.2, 0) is 0 Å². The molecule has 0 aromatic heterocycles. The first-order valence-electron chi connectivity index (χ1n) is 1.75. The topological polar surface area (TPSA) is 0 Å². The Bertz CT molecular complexity index is 55.1. The molecular formula is HB2F8K-2. The summed E-state index contributed by atoms with van der Waals surface area (Å²) in [5, 5.41) is 0. The molecule has 11 heteroatoms. The second-order valence-corrected chi connectivity index (χ2v) is 0.990. The number of halogens is 8. The van der Waals surface area contributed by atoms with Gasteiger partial charge < -0.3 is 34.5 Å². The SMILES string of the molecule is F[B-](F)(F)F.F[B-](F)(F)F.[KH]. The summed E-state index contributed by atoms with van der Waals surface area (Å²) < 4.78 is 78.0. The van der Waals surface area contributed by atoms with Gasteiger partial charge in [-0.15, -0.1) is 0 Å². The molecule has 0 unspecified atom stereocenters. The summed E-state index contributed by atoms with van der Waals surface area (Å²) in [5.74, 6) is 0. The molecule has 11 heavy (non-hydrogen) atoms. The zero-order valence-electron chi connectivity index (χ0n) is 4.18. The summed E-state index contributed by atoms with van der Waals surface area (Å²) in [4.78, 5) is 0. The Labute approximate surface area is 99.3 Å². The van der Waals surface area contributed by atoms with E-state index in [0.717, 1.165) is 0 Å². The van der Waals surface area contributed by atoms with E-state index in [1.54, 1.807) is 0 Å². The van der Waals surface area contributed by atoms with Gasteiger partial charge in [0.25, 0.3) is 0 Å². The normalized spacial score (nSPS) is 10.9. The Balaban J connectivity index is -0.000000107. The average Bonchev–Trinajstić information content (AvgIpc) is 1.12. The number of rotatable bonds is 0. The fourth-order valence-electron chi connectivity index (χ4n) is 0. The summed E-state index contributed by atoms with van der Waals surface area (Å²) in [7, 11) is -12.0. The summed E-state index contributed by atoms with van der Waals surface area (Å²) in [6.07, 6.45) is 0. The van der Waals surface area contributed by atoms with Gasteiger partial charge >= 0.3 is 65.9 Å². The molecule has 0 fully saturated rings. The molecular weight excluding hydrogens is 213 g/mol. The molecule has 66 valence electrons. The van der Waals surface area contributed by atoms with Crippen LogP contribution in [0.25, 0.3) is 0 Å². The molecule has 0 rings (SSSR count). The summed E-state index contributed by atoms with van der Waals surface area (Å²) in [6, 6.07) is 0. The first-order valence-corrected chi connectivity index (χ1v) is 1.75. The molecule has 0 aliphatic rings. The third-order valence-electron chi connectivity index (χ3n) is 0. The molecule has 0 atom stereocenters. The monoisotopic (exact) mass is 214 g/mol. The summed E-state index contributed by atoms with van der Waals surface area (Å²) >= 11 is 0. The molecule has 0 N–H and O–H groups in total. The second-order valence-electron chi connectivity index (χ2n) is 0.990. The van der Waals surface area contributed by atoms with Crippen LogP contribution in [-0.4, -0.2) is 65.9 Å². The standard InChI is InChI=1S/2BF4.K.H/c2*2-1(3,4)5;;/q2*-1;;. The molecule has 0 bridgehead atoms. The van der Waals surface area contributed by atoms with Crippen LogP contribution in [0.2, 0.25) is 0 Å². The van der Waals surface area contributed by atoms with E-state index in [1.165, 1.54) is 0 Å². The molecule has 0 amide bonds. The van der Waals surface area contributed by atoms with E-state index in [4.69, 9.17) is 0 Å². The Morgan fingerprint density at radius 2 is 0.455 bits per heavy atom. The van der Waals surface area contributed by atoms with Crippen LogP contribution in [0.4, 0.5) is 34.5 Å². The van der Waals surface area contributed by atoms with Crippen molar-refractivity contribution in [2.45, 2.75) is 0 Å². The maximum absolute atomic E-state index is 9.75. The second kappa shape index (κ2) is 6.69. The van der Waals surface area contributed by atoms with Gasteiger partial charge in [-0.1, -0.05) is 0 Å². The molecule has 0 aliphatic heterocycles. The van der Waals surface area contributed by atoms with Gasteiger partial charge in [-0.3, -0.25) is 0 Å². The Morgan fingerprint density at radius 1 is 0.455 bits per heavy atom. The number of hydrogen-bond acceptors (Lipinski definition) is 0. The van der Waals surface area contributed by atoms with Gasteiger partial charge in [-0.05, 0) is 0 Å². The summed E-state index contributed by atoms with van der Waals surface area (Å²) in [5.41, 5.74) is 0. The number of hydrogen-bond donors (Lipinski definition) is 0. The predicted octanol–water partition coefficient (Wildman–Crippen LogP) is 1.95. The van der Waals surface area contributed by atoms with Crippen molar-refractivity contribution in [3.8, 4) is 0 Å². The van der Waals surface area contributed by atoms with Crippen LogP contribution in [0.5, 0.6) is 0 Å². The van der Waals surface area contributed by atoms with Crippen LogP contribution in [0, 0.1) is 0 Å². The van der Waals surface area contributed by atoms with Crippen LogP contribution in [0.3, 0.4) is 0 Å². The van der Waals surface area contributed by atoms with Gasteiger partial charge in [0.15, 0.2) is 0 Å². The maximum atomic E-state index is 9.75. The third-order valence-corrected chi connectivity index (χ3v) is 0. The van der Waals surface area contributed by atoms with Gasteiger partial charge in [-0.2, -0.15) is 0 Å². The van der Waals surface area contributed by atoms with Gasteiger partial charge in [0, 0.05) is 0 Å². The van der Waals surface area contributed by atoms with Crippen molar-refractivity contribution >= 4 is 65.9 Å². The summed E-state index contributed by atoms with van der Waals surface area (Å²) in [6.45, 7) is 0. The van der Waals surface area contributed by atoms with E-state index >= 15 is 0 Å². The molecule has 0 nitrogen and oxygen atoms in total. The third kappa shape index (κ3) is 653. The van der Waals surface area contributed by atoms with E-state index in [0.29, 0.717) is 0 Å². The molecule has 0 saturated heterocycles. The quantitative estimate of drug-likeness (QED) is 0.426. The van der Waals surface area contributed by atoms with E-state index in [1.807, 2.05) is 0 Å². The van der Waals surface area contributed by atoms with Crippen molar-refractivity contribution in [3.63, 3.8) is 0 Å². The minimum absolute atomic E-state index is 0.